The first-order chi connectivity index (χ1) is 13.2. The van der Waals surface area contributed by atoms with Crippen LogP contribution in [-0.2, 0) is 0 Å². The summed E-state index contributed by atoms with van der Waals surface area (Å²) in [5, 5.41) is 3.99. The Morgan fingerprint density at radius 2 is 1.78 bits per heavy atom. The molecule has 2 aromatic carbocycles. The highest BCUT2D eigenvalue weighted by Gasteiger charge is 2.25. The Hall–Kier alpha value is -2.70. The largest absolute Gasteiger partial charge is 0.495 e. The van der Waals surface area contributed by atoms with Crippen LogP contribution in [0, 0.1) is 0 Å². The molecule has 6 nitrogen and oxygen atoms in total. The van der Waals surface area contributed by atoms with Gasteiger partial charge in [0.25, 0.3) is 5.56 Å². The van der Waals surface area contributed by atoms with Gasteiger partial charge in [-0.15, -0.1) is 0 Å². The van der Waals surface area contributed by atoms with Crippen molar-refractivity contribution in [1.29, 1.82) is 0 Å². The van der Waals surface area contributed by atoms with Crippen molar-refractivity contribution in [2.75, 3.05) is 33.3 Å². The lowest BCUT2D eigenvalue weighted by atomic mass is 10.1. The molecule has 1 aliphatic rings. The third-order valence-electron chi connectivity index (χ3n) is 5.20. The average Bonchev–Trinajstić information content (AvgIpc) is 2.74. The van der Waals surface area contributed by atoms with E-state index in [1.54, 1.807) is 11.7 Å². The molecule has 0 aliphatic carbocycles. The van der Waals surface area contributed by atoms with Crippen LogP contribution >= 0.6 is 0 Å². The Morgan fingerprint density at radius 3 is 2.56 bits per heavy atom. The van der Waals surface area contributed by atoms with E-state index in [1.807, 2.05) is 48.5 Å². The number of rotatable bonds is 4. The molecule has 1 N–H and O–H groups in total. The van der Waals surface area contributed by atoms with Crippen LogP contribution in [-0.4, -0.2) is 47.7 Å². The molecular formula is C21H24N4O2. The lowest BCUT2D eigenvalue weighted by molar-refractivity contribution is 0.177. The summed E-state index contributed by atoms with van der Waals surface area (Å²) in [6, 6.07) is 15.1. The van der Waals surface area contributed by atoms with E-state index in [2.05, 4.69) is 17.1 Å². The minimum absolute atomic E-state index is 0.00863. The van der Waals surface area contributed by atoms with Crippen LogP contribution in [0.2, 0.25) is 0 Å². The molecule has 140 valence electrons. The number of nitrogens with one attached hydrogen (secondary N) is 1. The maximum Gasteiger partial charge on any atom is 0.266 e. The highest BCUT2D eigenvalue weighted by molar-refractivity contribution is 5.78. The Bertz CT molecular complexity index is 1010. The van der Waals surface area contributed by atoms with E-state index in [4.69, 9.17) is 9.72 Å². The number of ether oxygens (including phenoxy) is 1. The summed E-state index contributed by atoms with van der Waals surface area (Å²) in [5.41, 5.74) is 1.38. The van der Waals surface area contributed by atoms with Crippen LogP contribution in [0.4, 0.5) is 0 Å². The molecule has 2 heterocycles. The second-order valence-corrected chi connectivity index (χ2v) is 6.76. The molecule has 0 bridgehead atoms. The first-order valence-corrected chi connectivity index (χ1v) is 9.30. The standard InChI is InChI=1S/C21H24N4O2/c1-15(24-13-11-22-12-14-24)20-23-17-8-4-3-7-16(17)21(26)25(20)18-9-5-6-10-19(18)27-2/h3-10,15,22H,11-14H2,1-2H3. The SMILES string of the molecule is COc1ccccc1-n1c(C(C)N2CCNCC2)nc2ccccc2c1=O. The van der Waals surface area contributed by atoms with Gasteiger partial charge in [-0.05, 0) is 31.2 Å². The van der Waals surface area contributed by atoms with Crippen molar-refractivity contribution in [2.24, 2.45) is 0 Å². The van der Waals surface area contributed by atoms with Gasteiger partial charge in [-0.3, -0.25) is 14.3 Å². The first-order valence-electron chi connectivity index (χ1n) is 9.30. The summed E-state index contributed by atoms with van der Waals surface area (Å²) >= 11 is 0. The minimum atomic E-state index is -0.0675. The molecule has 1 aliphatic heterocycles. The number of piperazine rings is 1. The number of fused-ring (bicyclic) bond motifs is 1. The molecule has 0 saturated carbocycles. The predicted octanol–water partition coefficient (Wildman–Crippen LogP) is 2.36. The zero-order valence-corrected chi connectivity index (χ0v) is 15.7. The van der Waals surface area contributed by atoms with E-state index in [9.17, 15) is 4.79 Å². The quantitative estimate of drug-likeness (QED) is 0.770. The fourth-order valence-corrected chi connectivity index (χ4v) is 3.71. The molecule has 0 radical (unpaired) electrons. The normalized spacial score (nSPS) is 16.4. The summed E-state index contributed by atoms with van der Waals surface area (Å²) in [6.07, 6.45) is 0. The Morgan fingerprint density at radius 1 is 1.07 bits per heavy atom. The van der Waals surface area contributed by atoms with E-state index in [1.165, 1.54) is 0 Å². The van der Waals surface area contributed by atoms with Gasteiger partial charge < -0.3 is 10.1 Å². The minimum Gasteiger partial charge on any atom is -0.495 e. The van der Waals surface area contributed by atoms with Crippen LogP contribution in [0.25, 0.3) is 16.6 Å². The topological polar surface area (TPSA) is 59.4 Å². The fraction of sp³-hybridized carbons (Fsp3) is 0.333. The molecule has 3 aromatic rings. The van der Waals surface area contributed by atoms with Gasteiger partial charge in [-0.1, -0.05) is 24.3 Å². The summed E-state index contributed by atoms with van der Waals surface area (Å²) in [6.45, 7) is 5.85. The zero-order valence-electron chi connectivity index (χ0n) is 15.7. The maximum absolute atomic E-state index is 13.4. The van der Waals surface area contributed by atoms with Crippen LogP contribution in [0.5, 0.6) is 5.75 Å². The van der Waals surface area contributed by atoms with E-state index in [0.29, 0.717) is 11.1 Å². The smallest absolute Gasteiger partial charge is 0.266 e. The second kappa shape index (κ2) is 7.50. The fourth-order valence-electron chi connectivity index (χ4n) is 3.71. The number of benzene rings is 2. The van der Waals surface area contributed by atoms with Gasteiger partial charge in [0.05, 0.1) is 29.7 Å². The van der Waals surface area contributed by atoms with Gasteiger partial charge in [0, 0.05) is 26.2 Å². The van der Waals surface area contributed by atoms with Crippen molar-refractivity contribution >= 4 is 10.9 Å². The molecule has 27 heavy (non-hydrogen) atoms. The van der Waals surface area contributed by atoms with Gasteiger partial charge in [-0.2, -0.15) is 0 Å². The van der Waals surface area contributed by atoms with E-state index in [0.717, 1.165) is 43.2 Å². The summed E-state index contributed by atoms with van der Waals surface area (Å²) in [7, 11) is 1.62. The molecule has 1 unspecified atom stereocenters. The summed E-state index contributed by atoms with van der Waals surface area (Å²) < 4.78 is 7.25. The highest BCUT2D eigenvalue weighted by Crippen LogP contribution is 2.27. The van der Waals surface area contributed by atoms with Crippen molar-refractivity contribution in [2.45, 2.75) is 13.0 Å². The summed E-state index contributed by atoms with van der Waals surface area (Å²) in [5.74, 6) is 1.40. The van der Waals surface area contributed by atoms with Gasteiger partial charge in [0.2, 0.25) is 0 Å². The Labute approximate surface area is 158 Å². The predicted molar refractivity (Wildman–Crippen MR) is 107 cm³/mol. The van der Waals surface area contributed by atoms with Crippen LogP contribution in [0.3, 0.4) is 0 Å². The van der Waals surface area contributed by atoms with Crippen molar-refractivity contribution < 1.29 is 4.74 Å². The number of nitrogens with zero attached hydrogens (tertiary/aromatic N) is 3. The van der Waals surface area contributed by atoms with Gasteiger partial charge in [0.1, 0.15) is 11.6 Å². The number of aromatic nitrogens is 2. The number of hydrogen-bond acceptors (Lipinski definition) is 5. The van der Waals surface area contributed by atoms with Crippen molar-refractivity contribution in [3.63, 3.8) is 0 Å². The molecule has 1 fully saturated rings. The molecule has 1 aromatic heterocycles. The molecule has 0 amide bonds. The third kappa shape index (κ3) is 3.22. The van der Waals surface area contributed by atoms with Crippen LogP contribution in [0.1, 0.15) is 18.8 Å². The van der Waals surface area contributed by atoms with Crippen LogP contribution in [0.15, 0.2) is 53.3 Å². The molecule has 1 atom stereocenters. The maximum atomic E-state index is 13.4. The van der Waals surface area contributed by atoms with Crippen molar-refractivity contribution in [3.05, 3.63) is 64.7 Å². The Kier molecular flexibility index (Phi) is 4.92. The van der Waals surface area contributed by atoms with Gasteiger partial charge >= 0.3 is 0 Å². The van der Waals surface area contributed by atoms with E-state index in [-0.39, 0.29) is 11.6 Å². The van der Waals surface area contributed by atoms with E-state index >= 15 is 0 Å². The van der Waals surface area contributed by atoms with Crippen molar-refractivity contribution in [3.8, 4) is 11.4 Å². The lowest BCUT2D eigenvalue weighted by Gasteiger charge is -2.33. The molecule has 1 saturated heterocycles. The number of methoxy groups -OCH3 is 1. The monoisotopic (exact) mass is 364 g/mol. The molecule has 4 rings (SSSR count). The van der Waals surface area contributed by atoms with E-state index < -0.39 is 0 Å². The lowest BCUT2D eigenvalue weighted by Crippen LogP contribution is -2.45. The second-order valence-electron chi connectivity index (χ2n) is 6.76. The zero-order chi connectivity index (χ0) is 18.8. The highest BCUT2D eigenvalue weighted by atomic mass is 16.5. The third-order valence-corrected chi connectivity index (χ3v) is 5.20. The Balaban J connectivity index is 1.97. The molecule has 0 spiro atoms. The number of hydrogen-bond donors (Lipinski definition) is 1. The van der Waals surface area contributed by atoms with Crippen LogP contribution < -0.4 is 15.6 Å². The van der Waals surface area contributed by atoms with Gasteiger partial charge in [0.15, 0.2) is 0 Å². The van der Waals surface area contributed by atoms with Crippen molar-refractivity contribution in [1.82, 2.24) is 19.8 Å². The molecular weight excluding hydrogens is 340 g/mol. The van der Waals surface area contributed by atoms with Gasteiger partial charge in [-0.25, -0.2) is 4.98 Å². The summed E-state index contributed by atoms with van der Waals surface area (Å²) in [4.78, 5) is 20.7. The number of para-hydroxylation sites is 3. The molecule has 6 heteroatoms. The first kappa shape index (κ1) is 17.7. The average molecular weight is 364 g/mol.